The summed E-state index contributed by atoms with van der Waals surface area (Å²) in [5.74, 6) is 0.852. The summed E-state index contributed by atoms with van der Waals surface area (Å²) in [7, 11) is 0. The van der Waals surface area contributed by atoms with Crippen LogP contribution in [0.3, 0.4) is 0 Å². The van der Waals surface area contributed by atoms with Gasteiger partial charge in [-0.2, -0.15) is 0 Å². The van der Waals surface area contributed by atoms with Crippen LogP contribution in [0.4, 0.5) is 11.5 Å². The lowest BCUT2D eigenvalue weighted by Gasteiger charge is -2.42. The van der Waals surface area contributed by atoms with Crippen LogP contribution in [-0.2, 0) is 4.79 Å². The van der Waals surface area contributed by atoms with Gasteiger partial charge in [0.2, 0.25) is 5.91 Å². The number of nitrogens with zero attached hydrogens (tertiary/aromatic N) is 2. The third kappa shape index (κ3) is 1.95. The summed E-state index contributed by atoms with van der Waals surface area (Å²) in [6.07, 6.45) is 0. The summed E-state index contributed by atoms with van der Waals surface area (Å²) in [6, 6.07) is 9.59. The van der Waals surface area contributed by atoms with E-state index in [4.69, 9.17) is 5.73 Å². The molecule has 0 spiro atoms. The summed E-state index contributed by atoms with van der Waals surface area (Å²) in [5, 5.41) is 3.90. The van der Waals surface area contributed by atoms with E-state index < -0.39 is 5.54 Å². The largest absolute Gasteiger partial charge is 0.399 e. The fourth-order valence-electron chi connectivity index (χ4n) is 2.58. The summed E-state index contributed by atoms with van der Waals surface area (Å²) in [6.45, 7) is 5.22. The van der Waals surface area contributed by atoms with Gasteiger partial charge < -0.3 is 16.0 Å². The average molecular weight is 270 g/mol. The van der Waals surface area contributed by atoms with Crippen LogP contribution in [0.15, 0.2) is 30.3 Å². The van der Waals surface area contributed by atoms with Gasteiger partial charge in [-0.15, -0.1) is 0 Å². The van der Waals surface area contributed by atoms with Crippen LogP contribution < -0.4 is 16.0 Å². The van der Waals surface area contributed by atoms with E-state index in [2.05, 4.69) is 10.3 Å². The first kappa shape index (κ1) is 12.7. The molecule has 0 unspecified atom stereocenters. The minimum Gasteiger partial charge on any atom is -0.399 e. The predicted octanol–water partition coefficient (Wildman–Crippen LogP) is 1.53. The van der Waals surface area contributed by atoms with Crippen molar-refractivity contribution in [3.8, 4) is 0 Å². The molecule has 5 heteroatoms. The Hall–Kier alpha value is -2.30. The lowest BCUT2D eigenvalue weighted by Crippen LogP contribution is -2.62. The Balaban J connectivity index is 2.05. The Labute approximate surface area is 117 Å². The Kier molecular flexibility index (Phi) is 2.78. The molecule has 1 fully saturated rings. The number of carbonyl (C=O) groups is 1. The van der Waals surface area contributed by atoms with Crippen molar-refractivity contribution in [2.45, 2.75) is 19.4 Å². The molecule has 3 N–H and O–H groups in total. The summed E-state index contributed by atoms with van der Waals surface area (Å²) >= 11 is 0. The first-order valence-corrected chi connectivity index (χ1v) is 6.71. The van der Waals surface area contributed by atoms with Crippen molar-refractivity contribution in [1.29, 1.82) is 0 Å². The number of piperazine rings is 1. The van der Waals surface area contributed by atoms with Gasteiger partial charge in [0.1, 0.15) is 11.4 Å². The minimum absolute atomic E-state index is 0.0305. The molecule has 0 bridgehead atoms. The number of benzene rings is 1. The second-order valence-electron chi connectivity index (χ2n) is 5.59. The molecule has 0 aliphatic carbocycles. The molecular formula is C15H18N4O. The molecule has 1 aromatic carbocycles. The lowest BCUT2D eigenvalue weighted by molar-refractivity contribution is -0.126. The maximum atomic E-state index is 12.0. The van der Waals surface area contributed by atoms with Crippen LogP contribution in [0.5, 0.6) is 0 Å². The van der Waals surface area contributed by atoms with E-state index in [-0.39, 0.29) is 5.91 Å². The zero-order valence-corrected chi connectivity index (χ0v) is 11.7. The number of hydrogen-bond acceptors (Lipinski definition) is 4. The highest BCUT2D eigenvalue weighted by Gasteiger charge is 2.38. The van der Waals surface area contributed by atoms with Gasteiger partial charge in [-0.25, -0.2) is 4.98 Å². The molecule has 0 saturated carbocycles. The maximum Gasteiger partial charge on any atom is 0.245 e. The Bertz CT molecular complexity index is 681. The van der Waals surface area contributed by atoms with Crippen LogP contribution in [0, 0.1) is 0 Å². The zero-order chi connectivity index (χ0) is 14.3. The van der Waals surface area contributed by atoms with E-state index in [9.17, 15) is 4.79 Å². The van der Waals surface area contributed by atoms with Crippen molar-refractivity contribution in [1.82, 2.24) is 10.3 Å². The number of nitrogens with two attached hydrogens (primary N) is 1. The first-order chi connectivity index (χ1) is 9.48. The molecule has 104 valence electrons. The summed E-state index contributed by atoms with van der Waals surface area (Å²) in [4.78, 5) is 18.7. The van der Waals surface area contributed by atoms with Crippen molar-refractivity contribution in [3.63, 3.8) is 0 Å². The Morgan fingerprint density at radius 1 is 1.30 bits per heavy atom. The van der Waals surface area contributed by atoms with Crippen molar-refractivity contribution in [3.05, 3.63) is 30.3 Å². The van der Waals surface area contributed by atoms with Crippen molar-refractivity contribution in [2.24, 2.45) is 0 Å². The fraction of sp³-hybridized carbons (Fsp3) is 0.333. The van der Waals surface area contributed by atoms with Gasteiger partial charge >= 0.3 is 0 Å². The molecule has 2 aromatic rings. The normalized spacial score (nSPS) is 18.1. The molecule has 3 rings (SSSR count). The number of carbonyl (C=O) groups excluding carboxylic acids is 1. The van der Waals surface area contributed by atoms with Gasteiger partial charge in [0, 0.05) is 24.2 Å². The topological polar surface area (TPSA) is 71.2 Å². The monoisotopic (exact) mass is 270 g/mol. The third-order valence-electron chi connectivity index (χ3n) is 3.83. The van der Waals surface area contributed by atoms with Crippen LogP contribution in [-0.4, -0.2) is 29.5 Å². The number of anilines is 2. The van der Waals surface area contributed by atoms with Crippen molar-refractivity contribution < 1.29 is 4.79 Å². The Morgan fingerprint density at radius 2 is 2.10 bits per heavy atom. The molecule has 1 amide bonds. The van der Waals surface area contributed by atoms with E-state index in [1.165, 1.54) is 0 Å². The predicted molar refractivity (Wildman–Crippen MR) is 80.6 cm³/mol. The van der Waals surface area contributed by atoms with E-state index in [1.807, 2.05) is 49.1 Å². The third-order valence-corrected chi connectivity index (χ3v) is 3.83. The van der Waals surface area contributed by atoms with Crippen LogP contribution in [0.25, 0.3) is 10.9 Å². The van der Waals surface area contributed by atoms with Crippen molar-refractivity contribution in [2.75, 3.05) is 23.7 Å². The molecule has 0 atom stereocenters. The quantitative estimate of drug-likeness (QED) is 0.771. The van der Waals surface area contributed by atoms with Crippen molar-refractivity contribution >= 4 is 28.3 Å². The minimum atomic E-state index is -0.591. The smallest absolute Gasteiger partial charge is 0.245 e. The SMILES string of the molecule is CC1(C)C(=O)NCCN1c1ccc2cc(N)ccc2n1. The molecular weight excluding hydrogens is 252 g/mol. The molecule has 20 heavy (non-hydrogen) atoms. The molecule has 5 nitrogen and oxygen atoms in total. The number of nitrogens with one attached hydrogen (secondary N) is 1. The molecule has 1 aromatic heterocycles. The van der Waals surface area contributed by atoms with Gasteiger partial charge in [0.05, 0.1) is 5.52 Å². The number of fused-ring (bicyclic) bond motifs is 1. The van der Waals surface area contributed by atoms with Gasteiger partial charge in [-0.05, 0) is 44.2 Å². The second-order valence-corrected chi connectivity index (χ2v) is 5.59. The van der Waals surface area contributed by atoms with E-state index in [0.29, 0.717) is 6.54 Å². The fourth-order valence-corrected chi connectivity index (χ4v) is 2.58. The highest BCUT2D eigenvalue weighted by Crippen LogP contribution is 2.27. The maximum absolute atomic E-state index is 12.0. The highest BCUT2D eigenvalue weighted by molar-refractivity contribution is 5.91. The highest BCUT2D eigenvalue weighted by atomic mass is 16.2. The number of rotatable bonds is 1. The van der Waals surface area contributed by atoms with Gasteiger partial charge in [0.15, 0.2) is 0 Å². The molecule has 1 saturated heterocycles. The van der Waals surface area contributed by atoms with Crippen LogP contribution in [0.1, 0.15) is 13.8 Å². The van der Waals surface area contributed by atoms with E-state index in [1.54, 1.807) is 0 Å². The van der Waals surface area contributed by atoms with Crippen LogP contribution in [0.2, 0.25) is 0 Å². The molecule has 1 aliphatic heterocycles. The van der Waals surface area contributed by atoms with Gasteiger partial charge in [0.25, 0.3) is 0 Å². The summed E-state index contributed by atoms with van der Waals surface area (Å²) < 4.78 is 0. The number of nitrogen functional groups attached to an aromatic ring is 1. The number of pyridine rings is 1. The van der Waals surface area contributed by atoms with E-state index in [0.717, 1.165) is 29.0 Å². The number of hydrogen-bond donors (Lipinski definition) is 2. The molecule has 0 radical (unpaired) electrons. The average Bonchev–Trinajstić information content (AvgIpc) is 2.41. The van der Waals surface area contributed by atoms with Gasteiger partial charge in [-0.3, -0.25) is 4.79 Å². The molecule has 1 aliphatic rings. The lowest BCUT2D eigenvalue weighted by atomic mass is 9.99. The van der Waals surface area contributed by atoms with Gasteiger partial charge in [-0.1, -0.05) is 0 Å². The zero-order valence-electron chi connectivity index (χ0n) is 11.7. The summed E-state index contributed by atoms with van der Waals surface area (Å²) in [5.41, 5.74) is 6.80. The van der Waals surface area contributed by atoms with E-state index >= 15 is 0 Å². The van der Waals surface area contributed by atoms with Crippen LogP contribution >= 0.6 is 0 Å². The standard InChI is InChI=1S/C15H18N4O/c1-15(2)14(20)17-7-8-19(15)13-6-3-10-9-11(16)4-5-12(10)18-13/h3-6,9H,7-8,16H2,1-2H3,(H,17,20). The number of aromatic nitrogens is 1. The first-order valence-electron chi connectivity index (χ1n) is 6.71. The molecule has 2 heterocycles. The number of amides is 1. The second kappa shape index (κ2) is 4.37. The Morgan fingerprint density at radius 3 is 2.90 bits per heavy atom.